The molecule has 19 heavy (non-hydrogen) atoms. The minimum atomic E-state index is -0.954. The lowest BCUT2D eigenvalue weighted by Crippen LogP contribution is -2.52. The molecule has 0 aliphatic rings. The summed E-state index contributed by atoms with van der Waals surface area (Å²) in [5.41, 5.74) is -0.954. The van der Waals surface area contributed by atoms with Gasteiger partial charge in [-0.15, -0.1) is 0 Å². The van der Waals surface area contributed by atoms with Crippen molar-refractivity contribution in [2.24, 2.45) is 0 Å². The number of carboxylic acid groups (broad SMARTS) is 1. The minimum Gasteiger partial charge on any atom is -0.491 e. The van der Waals surface area contributed by atoms with Crippen LogP contribution in [0.2, 0.25) is 0 Å². The fourth-order valence-electron chi connectivity index (χ4n) is 1.98. The van der Waals surface area contributed by atoms with Crippen LogP contribution in [0.5, 0.6) is 5.75 Å². The van der Waals surface area contributed by atoms with Crippen LogP contribution in [0.3, 0.4) is 0 Å². The van der Waals surface area contributed by atoms with Crippen molar-refractivity contribution in [3.63, 3.8) is 0 Å². The Bertz CT molecular complexity index is 394. The fourth-order valence-corrected chi connectivity index (χ4v) is 1.98. The van der Waals surface area contributed by atoms with E-state index >= 15 is 0 Å². The van der Waals surface area contributed by atoms with E-state index in [4.69, 9.17) is 4.74 Å². The summed E-state index contributed by atoms with van der Waals surface area (Å²) in [6.07, 6.45) is 1.14. The highest BCUT2D eigenvalue weighted by Gasteiger charge is 2.34. The maximum atomic E-state index is 11.4. The van der Waals surface area contributed by atoms with Crippen molar-refractivity contribution in [2.45, 2.75) is 45.3 Å². The Morgan fingerprint density at radius 1 is 1.42 bits per heavy atom. The number of para-hydroxylation sites is 1. The highest BCUT2D eigenvalue weighted by atomic mass is 16.5. The largest absolute Gasteiger partial charge is 0.491 e. The molecule has 1 rings (SSSR count). The van der Waals surface area contributed by atoms with Crippen LogP contribution < -0.4 is 10.1 Å². The molecule has 0 saturated heterocycles. The van der Waals surface area contributed by atoms with Crippen LogP contribution in [0.25, 0.3) is 0 Å². The van der Waals surface area contributed by atoms with Crippen molar-refractivity contribution < 1.29 is 14.6 Å². The van der Waals surface area contributed by atoms with Crippen LogP contribution in [-0.4, -0.2) is 29.3 Å². The lowest BCUT2D eigenvalue weighted by atomic mass is 9.94. The van der Waals surface area contributed by atoms with Crippen molar-refractivity contribution in [1.82, 2.24) is 5.32 Å². The van der Waals surface area contributed by atoms with Crippen molar-refractivity contribution in [3.8, 4) is 5.75 Å². The second kappa shape index (κ2) is 7.14. The van der Waals surface area contributed by atoms with E-state index in [1.165, 1.54) is 0 Å². The average Bonchev–Trinajstić information content (AvgIpc) is 2.37. The first-order valence-electron chi connectivity index (χ1n) is 6.68. The zero-order chi connectivity index (χ0) is 14.3. The van der Waals surface area contributed by atoms with Gasteiger partial charge in [0.25, 0.3) is 0 Å². The van der Waals surface area contributed by atoms with Crippen LogP contribution in [0.15, 0.2) is 30.3 Å². The van der Waals surface area contributed by atoms with E-state index in [9.17, 15) is 9.90 Å². The number of hydrogen-bond acceptors (Lipinski definition) is 3. The average molecular weight is 265 g/mol. The second-order valence-electron chi connectivity index (χ2n) is 5.01. The molecule has 0 saturated carbocycles. The third kappa shape index (κ3) is 4.91. The predicted octanol–water partition coefficient (Wildman–Crippen LogP) is 2.69. The highest BCUT2D eigenvalue weighted by Crippen LogP contribution is 2.18. The smallest absolute Gasteiger partial charge is 0.323 e. The summed E-state index contributed by atoms with van der Waals surface area (Å²) in [7, 11) is 0. The lowest BCUT2D eigenvalue weighted by Gasteiger charge is -2.29. The first-order chi connectivity index (χ1) is 8.98. The Labute approximate surface area is 114 Å². The summed E-state index contributed by atoms with van der Waals surface area (Å²) >= 11 is 0. The van der Waals surface area contributed by atoms with E-state index in [1.54, 1.807) is 6.92 Å². The molecule has 2 N–H and O–H groups in total. The van der Waals surface area contributed by atoms with Crippen molar-refractivity contribution in [2.75, 3.05) is 6.54 Å². The van der Waals surface area contributed by atoms with Gasteiger partial charge in [0, 0.05) is 6.42 Å². The molecule has 0 fully saturated rings. The van der Waals surface area contributed by atoms with Crippen molar-refractivity contribution >= 4 is 5.97 Å². The molecule has 0 aliphatic carbocycles. The SMILES string of the molecule is CCCNC(C)(CC(C)Oc1ccccc1)C(=O)O. The molecule has 0 amide bonds. The zero-order valence-corrected chi connectivity index (χ0v) is 11.8. The Morgan fingerprint density at radius 3 is 2.58 bits per heavy atom. The van der Waals surface area contributed by atoms with Gasteiger partial charge >= 0.3 is 5.97 Å². The molecule has 0 aromatic heterocycles. The van der Waals surface area contributed by atoms with Crippen LogP contribution >= 0.6 is 0 Å². The molecule has 4 nitrogen and oxygen atoms in total. The quantitative estimate of drug-likeness (QED) is 0.758. The van der Waals surface area contributed by atoms with Crippen LogP contribution in [0.4, 0.5) is 0 Å². The summed E-state index contributed by atoms with van der Waals surface area (Å²) in [4.78, 5) is 11.4. The number of carboxylic acids is 1. The molecule has 0 aliphatic heterocycles. The molecule has 106 valence electrons. The fraction of sp³-hybridized carbons (Fsp3) is 0.533. The maximum Gasteiger partial charge on any atom is 0.323 e. The van der Waals surface area contributed by atoms with E-state index in [0.717, 1.165) is 12.2 Å². The van der Waals surface area contributed by atoms with E-state index in [2.05, 4.69) is 5.32 Å². The molecule has 0 spiro atoms. The first-order valence-corrected chi connectivity index (χ1v) is 6.68. The number of nitrogens with one attached hydrogen (secondary N) is 1. The van der Waals surface area contributed by atoms with Gasteiger partial charge in [-0.05, 0) is 38.9 Å². The van der Waals surface area contributed by atoms with Crippen molar-refractivity contribution in [3.05, 3.63) is 30.3 Å². The standard InChI is InChI=1S/C15H23NO3/c1-4-10-16-15(3,14(17)18)11-12(2)19-13-8-6-5-7-9-13/h5-9,12,16H,4,10-11H2,1-3H3,(H,17,18). The third-order valence-electron chi connectivity index (χ3n) is 3.01. The zero-order valence-electron chi connectivity index (χ0n) is 11.8. The van der Waals surface area contributed by atoms with E-state index in [0.29, 0.717) is 13.0 Å². The molecule has 0 bridgehead atoms. The Balaban J connectivity index is 2.61. The maximum absolute atomic E-state index is 11.4. The number of benzene rings is 1. The van der Waals surface area contributed by atoms with Crippen LogP contribution in [-0.2, 0) is 4.79 Å². The third-order valence-corrected chi connectivity index (χ3v) is 3.01. The number of carbonyl (C=O) groups is 1. The molecular weight excluding hydrogens is 242 g/mol. The molecule has 2 atom stereocenters. The Kier molecular flexibility index (Phi) is 5.83. The van der Waals surface area contributed by atoms with Crippen molar-refractivity contribution in [1.29, 1.82) is 0 Å². The van der Waals surface area contributed by atoms with Gasteiger partial charge in [0.05, 0.1) is 6.10 Å². The summed E-state index contributed by atoms with van der Waals surface area (Å²) in [6.45, 7) is 6.29. The molecule has 1 aromatic carbocycles. The van der Waals surface area contributed by atoms with Gasteiger partial charge in [0.1, 0.15) is 11.3 Å². The molecule has 0 radical (unpaired) electrons. The molecule has 4 heteroatoms. The number of hydrogen-bond donors (Lipinski definition) is 2. The van der Waals surface area contributed by atoms with Gasteiger partial charge in [0.2, 0.25) is 0 Å². The first kappa shape index (κ1) is 15.5. The Morgan fingerprint density at radius 2 is 2.05 bits per heavy atom. The highest BCUT2D eigenvalue weighted by molar-refractivity contribution is 5.78. The van der Waals surface area contributed by atoms with E-state index in [-0.39, 0.29) is 6.10 Å². The Hall–Kier alpha value is -1.55. The van der Waals surface area contributed by atoms with Gasteiger partial charge in [-0.3, -0.25) is 4.79 Å². The van der Waals surface area contributed by atoms with Gasteiger partial charge in [0.15, 0.2) is 0 Å². The second-order valence-corrected chi connectivity index (χ2v) is 5.01. The van der Waals surface area contributed by atoms with Crippen LogP contribution in [0.1, 0.15) is 33.6 Å². The molecule has 1 aromatic rings. The lowest BCUT2D eigenvalue weighted by molar-refractivity contribution is -0.145. The van der Waals surface area contributed by atoms with Gasteiger partial charge in [-0.1, -0.05) is 25.1 Å². The number of aliphatic carboxylic acids is 1. The number of rotatable bonds is 8. The van der Waals surface area contributed by atoms with Gasteiger partial charge in [-0.2, -0.15) is 0 Å². The summed E-state index contributed by atoms with van der Waals surface area (Å²) < 4.78 is 5.74. The predicted molar refractivity (Wildman–Crippen MR) is 75.5 cm³/mol. The normalized spacial score (nSPS) is 15.5. The molecule has 0 heterocycles. The molecular formula is C15H23NO3. The number of ether oxygens (including phenoxy) is 1. The minimum absolute atomic E-state index is 0.173. The summed E-state index contributed by atoms with van der Waals surface area (Å²) in [5.74, 6) is -0.0808. The summed E-state index contributed by atoms with van der Waals surface area (Å²) in [6, 6.07) is 9.45. The van der Waals surface area contributed by atoms with Crippen LogP contribution in [0, 0.1) is 0 Å². The van der Waals surface area contributed by atoms with Gasteiger partial charge in [-0.25, -0.2) is 0 Å². The molecule has 2 unspecified atom stereocenters. The van der Waals surface area contributed by atoms with Gasteiger partial charge < -0.3 is 15.2 Å². The summed E-state index contributed by atoms with van der Waals surface area (Å²) in [5, 5.41) is 12.4. The van der Waals surface area contributed by atoms with E-state index in [1.807, 2.05) is 44.2 Å². The van der Waals surface area contributed by atoms with E-state index < -0.39 is 11.5 Å². The monoisotopic (exact) mass is 265 g/mol. The topological polar surface area (TPSA) is 58.6 Å².